The second kappa shape index (κ2) is 5.40. The summed E-state index contributed by atoms with van der Waals surface area (Å²) in [7, 11) is 0. The van der Waals surface area contributed by atoms with Crippen molar-refractivity contribution in [2.75, 3.05) is 18.0 Å². The van der Waals surface area contributed by atoms with Crippen LogP contribution >= 0.6 is 11.6 Å². The lowest BCUT2D eigenvalue weighted by Crippen LogP contribution is -2.25. The first kappa shape index (κ1) is 12.2. The van der Waals surface area contributed by atoms with Crippen LogP contribution in [0.2, 0.25) is 5.02 Å². The summed E-state index contributed by atoms with van der Waals surface area (Å²) in [6.45, 7) is 1.65. The first-order chi connectivity index (χ1) is 9.33. The van der Waals surface area contributed by atoms with Crippen LogP contribution in [0.4, 0.5) is 5.95 Å². The van der Waals surface area contributed by atoms with Gasteiger partial charge in [0.1, 0.15) is 16.9 Å². The van der Waals surface area contributed by atoms with E-state index in [0.29, 0.717) is 10.8 Å². The molecule has 1 aliphatic heterocycles. The summed E-state index contributed by atoms with van der Waals surface area (Å²) in [5, 5.41) is 0.539. The molecule has 19 heavy (non-hydrogen) atoms. The summed E-state index contributed by atoms with van der Waals surface area (Å²) < 4.78 is 5.89. The Kier molecular flexibility index (Phi) is 3.46. The number of aromatic nitrogens is 3. The van der Waals surface area contributed by atoms with Crippen molar-refractivity contribution >= 4 is 17.5 Å². The van der Waals surface area contributed by atoms with E-state index in [9.17, 15) is 0 Å². The smallest absolute Gasteiger partial charge is 0.225 e. The van der Waals surface area contributed by atoms with E-state index in [4.69, 9.17) is 16.3 Å². The van der Waals surface area contributed by atoms with E-state index >= 15 is 0 Å². The second-order valence-electron chi connectivity index (χ2n) is 4.33. The molecule has 1 aliphatic rings. The van der Waals surface area contributed by atoms with Gasteiger partial charge in [-0.3, -0.25) is 4.98 Å². The van der Waals surface area contributed by atoms with Gasteiger partial charge < -0.3 is 9.64 Å². The molecule has 3 rings (SSSR count). The lowest BCUT2D eigenvalue weighted by Gasteiger charge is -2.17. The Labute approximate surface area is 116 Å². The number of pyridine rings is 1. The molecular weight excluding hydrogens is 264 g/mol. The third-order valence-electron chi connectivity index (χ3n) is 3.01. The van der Waals surface area contributed by atoms with Crippen molar-refractivity contribution in [1.29, 1.82) is 0 Å². The predicted molar refractivity (Wildman–Crippen MR) is 72.5 cm³/mol. The zero-order valence-corrected chi connectivity index (χ0v) is 11.0. The highest BCUT2D eigenvalue weighted by Gasteiger charge is 2.26. The Morgan fingerprint density at radius 3 is 2.89 bits per heavy atom. The van der Waals surface area contributed by atoms with E-state index in [1.54, 1.807) is 30.9 Å². The van der Waals surface area contributed by atoms with Gasteiger partial charge in [-0.15, -0.1) is 0 Å². The van der Waals surface area contributed by atoms with Crippen molar-refractivity contribution in [2.45, 2.75) is 12.5 Å². The minimum absolute atomic E-state index is 0.101. The molecule has 2 aromatic heterocycles. The number of halogens is 1. The molecule has 1 atom stereocenters. The number of nitrogens with zero attached hydrogens (tertiary/aromatic N) is 4. The fraction of sp³-hybridized carbons (Fsp3) is 0.308. The highest BCUT2D eigenvalue weighted by Crippen LogP contribution is 2.26. The van der Waals surface area contributed by atoms with Gasteiger partial charge >= 0.3 is 0 Å². The third kappa shape index (κ3) is 2.76. The molecule has 98 valence electrons. The van der Waals surface area contributed by atoms with Gasteiger partial charge in [0.15, 0.2) is 0 Å². The second-order valence-corrected chi connectivity index (χ2v) is 4.74. The van der Waals surface area contributed by atoms with E-state index in [-0.39, 0.29) is 6.10 Å². The molecule has 0 aliphatic carbocycles. The molecule has 0 N–H and O–H groups in total. The molecule has 0 aromatic carbocycles. The van der Waals surface area contributed by atoms with Crippen LogP contribution in [0.15, 0.2) is 36.9 Å². The molecule has 0 amide bonds. The van der Waals surface area contributed by atoms with Crippen LogP contribution in [-0.4, -0.2) is 34.1 Å². The molecule has 2 aromatic rings. The van der Waals surface area contributed by atoms with Gasteiger partial charge in [0.2, 0.25) is 5.95 Å². The lowest BCUT2D eigenvalue weighted by molar-refractivity contribution is 0.225. The van der Waals surface area contributed by atoms with Crippen molar-refractivity contribution in [3.05, 3.63) is 41.9 Å². The minimum atomic E-state index is 0.101. The minimum Gasteiger partial charge on any atom is -0.487 e. The number of rotatable bonds is 3. The Balaban J connectivity index is 1.65. The van der Waals surface area contributed by atoms with Crippen molar-refractivity contribution < 1.29 is 4.74 Å². The summed E-state index contributed by atoms with van der Waals surface area (Å²) in [5.41, 5.74) is 0. The monoisotopic (exact) mass is 276 g/mol. The van der Waals surface area contributed by atoms with Gasteiger partial charge in [0, 0.05) is 43.8 Å². The summed E-state index contributed by atoms with van der Waals surface area (Å²) in [6, 6.07) is 3.59. The van der Waals surface area contributed by atoms with Gasteiger partial charge in [0.25, 0.3) is 0 Å². The zero-order chi connectivity index (χ0) is 13.1. The van der Waals surface area contributed by atoms with Gasteiger partial charge in [-0.2, -0.15) is 0 Å². The summed E-state index contributed by atoms with van der Waals surface area (Å²) in [4.78, 5) is 14.5. The first-order valence-corrected chi connectivity index (χ1v) is 6.49. The fourth-order valence-corrected chi connectivity index (χ4v) is 2.26. The van der Waals surface area contributed by atoms with Crippen molar-refractivity contribution in [3.8, 4) is 5.75 Å². The standard InChI is InChI=1S/C13H13ClN4O/c14-11-8-15-6-2-12(11)19-10-3-7-18(9-10)13-16-4-1-5-17-13/h1-2,4-6,8,10H,3,7,9H2. The quantitative estimate of drug-likeness (QED) is 0.860. The number of hydrogen-bond acceptors (Lipinski definition) is 5. The van der Waals surface area contributed by atoms with Crippen LogP contribution in [0.3, 0.4) is 0 Å². The van der Waals surface area contributed by atoms with Gasteiger partial charge in [-0.1, -0.05) is 11.6 Å². The maximum absolute atomic E-state index is 6.03. The Morgan fingerprint density at radius 2 is 2.11 bits per heavy atom. The van der Waals surface area contributed by atoms with Gasteiger partial charge in [-0.05, 0) is 6.07 Å². The molecular formula is C13H13ClN4O. The molecule has 3 heterocycles. The van der Waals surface area contributed by atoms with E-state index in [2.05, 4.69) is 19.9 Å². The topological polar surface area (TPSA) is 51.1 Å². The largest absolute Gasteiger partial charge is 0.487 e. The number of anilines is 1. The van der Waals surface area contributed by atoms with Crippen LogP contribution in [-0.2, 0) is 0 Å². The maximum atomic E-state index is 6.03. The van der Waals surface area contributed by atoms with E-state index in [1.165, 1.54) is 0 Å². The lowest BCUT2D eigenvalue weighted by atomic mass is 10.3. The third-order valence-corrected chi connectivity index (χ3v) is 3.29. The van der Waals surface area contributed by atoms with Crippen molar-refractivity contribution in [3.63, 3.8) is 0 Å². The fourth-order valence-electron chi connectivity index (χ4n) is 2.10. The number of ether oxygens (including phenoxy) is 1. The van der Waals surface area contributed by atoms with Gasteiger partial charge in [0.05, 0.1) is 6.54 Å². The molecule has 6 heteroatoms. The first-order valence-electron chi connectivity index (χ1n) is 6.11. The van der Waals surface area contributed by atoms with E-state index < -0.39 is 0 Å². The molecule has 1 unspecified atom stereocenters. The van der Waals surface area contributed by atoms with Crippen LogP contribution in [0.5, 0.6) is 5.75 Å². The van der Waals surface area contributed by atoms with Crippen LogP contribution in [0.25, 0.3) is 0 Å². The van der Waals surface area contributed by atoms with Crippen molar-refractivity contribution in [1.82, 2.24) is 15.0 Å². The molecule has 0 bridgehead atoms. The summed E-state index contributed by atoms with van der Waals surface area (Å²) >= 11 is 6.03. The highest BCUT2D eigenvalue weighted by molar-refractivity contribution is 6.31. The zero-order valence-electron chi connectivity index (χ0n) is 10.2. The Hall–Kier alpha value is -1.88. The van der Waals surface area contributed by atoms with Crippen LogP contribution in [0.1, 0.15) is 6.42 Å². The van der Waals surface area contributed by atoms with E-state index in [1.807, 2.05) is 6.07 Å². The van der Waals surface area contributed by atoms with Crippen LogP contribution < -0.4 is 9.64 Å². The average molecular weight is 277 g/mol. The molecule has 0 spiro atoms. The maximum Gasteiger partial charge on any atom is 0.225 e. The number of hydrogen-bond donors (Lipinski definition) is 0. The molecule has 1 fully saturated rings. The predicted octanol–water partition coefficient (Wildman–Crippen LogP) is 2.18. The summed E-state index contributed by atoms with van der Waals surface area (Å²) in [5.74, 6) is 1.42. The molecule has 5 nitrogen and oxygen atoms in total. The Bertz CT molecular complexity index is 551. The van der Waals surface area contributed by atoms with Crippen molar-refractivity contribution in [2.24, 2.45) is 0 Å². The Morgan fingerprint density at radius 1 is 1.26 bits per heavy atom. The molecule has 0 saturated carbocycles. The summed E-state index contributed by atoms with van der Waals surface area (Å²) in [6.07, 6.45) is 7.78. The highest BCUT2D eigenvalue weighted by atomic mass is 35.5. The average Bonchev–Trinajstić information content (AvgIpc) is 2.91. The SMILES string of the molecule is Clc1cnccc1OC1CCN(c2ncccn2)C1. The van der Waals surface area contributed by atoms with Crippen LogP contribution in [0, 0.1) is 0 Å². The van der Waals surface area contributed by atoms with E-state index in [0.717, 1.165) is 25.5 Å². The normalized spacial score (nSPS) is 18.6. The molecule has 0 radical (unpaired) electrons. The van der Waals surface area contributed by atoms with Gasteiger partial charge in [-0.25, -0.2) is 9.97 Å². The molecule has 1 saturated heterocycles.